The van der Waals surface area contributed by atoms with Crippen LogP contribution in [0, 0.1) is 0 Å². The van der Waals surface area contributed by atoms with Crippen LogP contribution in [-0.4, -0.2) is 58.5 Å². The van der Waals surface area contributed by atoms with E-state index in [1.807, 2.05) is 20.9 Å². The molecule has 1 aliphatic rings. The Morgan fingerprint density at radius 2 is 1.71 bits per heavy atom. The second-order valence-electron chi connectivity index (χ2n) is 2.56. The van der Waals surface area contributed by atoms with Crippen molar-refractivity contribution in [2.75, 3.05) is 53.6 Å². The minimum atomic E-state index is 0.500. The smallest absolute Gasteiger partial charge is 0.0785 e. The van der Waals surface area contributed by atoms with Gasteiger partial charge in [-0.1, -0.05) is 13.8 Å². The average Bonchev–Trinajstić information content (AvgIpc) is 2.33. The van der Waals surface area contributed by atoms with Gasteiger partial charge in [0.15, 0.2) is 0 Å². The number of hydrogen-bond donors (Lipinski definition) is 1. The van der Waals surface area contributed by atoms with Crippen LogP contribution in [-0.2, 0) is 4.74 Å². The van der Waals surface area contributed by atoms with E-state index in [4.69, 9.17) is 4.74 Å². The summed E-state index contributed by atoms with van der Waals surface area (Å²) in [7, 11) is 2.49. The molecular weight excluding hydrogens is 183 g/mol. The van der Waals surface area contributed by atoms with Crippen molar-refractivity contribution in [1.82, 2.24) is 10.2 Å². The van der Waals surface area contributed by atoms with Crippen LogP contribution < -0.4 is 5.32 Å². The molecule has 4 heteroatoms. The Hall–Kier alpha value is -0.190. The van der Waals surface area contributed by atoms with E-state index in [0.717, 1.165) is 39.4 Å². The zero-order valence-corrected chi connectivity index (χ0v) is 9.98. The van der Waals surface area contributed by atoms with Gasteiger partial charge in [-0.2, -0.15) is 0 Å². The molecule has 0 spiro atoms. The molecule has 0 bridgehead atoms. The summed E-state index contributed by atoms with van der Waals surface area (Å²) in [5.74, 6) is 0. The van der Waals surface area contributed by atoms with E-state index in [9.17, 15) is 4.39 Å². The predicted octanol–water partition coefficient (Wildman–Crippen LogP) is 1.15. The van der Waals surface area contributed by atoms with Gasteiger partial charge in [-0.3, -0.25) is 9.29 Å². The highest BCUT2D eigenvalue weighted by Gasteiger charge is 2.07. The van der Waals surface area contributed by atoms with E-state index in [0.29, 0.717) is 7.18 Å². The molecule has 1 fully saturated rings. The van der Waals surface area contributed by atoms with Crippen LogP contribution in [0.15, 0.2) is 0 Å². The van der Waals surface area contributed by atoms with Gasteiger partial charge in [0.25, 0.3) is 0 Å². The molecule has 88 valence electrons. The molecule has 14 heavy (non-hydrogen) atoms. The molecule has 1 N–H and O–H groups in total. The number of nitrogens with zero attached hydrogens (tertiary/aromatic N) is 1. The minimum Gasteiger partial charge on any atom is -0.379 e. The number of nitrogens with one attached hydrogen (secondary N) is 1. The number of halogens is 1. The van der Waals surface area contributed by atoms with Crippen molar-refractivity contribution in [3.8, 4) is 0 Å². The van der Waals surface area contributed by atoms with Gasteiger partial charge in [0.1, 0.15) is 0 Å². The van der Waals surface area contributed by atoms with Crippen molar-refractivity contribution in [2.24, 2.45) is 0 Å². The van der Waals surface area contributed by atoms with Gasteiger partial charge in [0.05, 0.1) is 20.4 Å². The number of likely N-dealkylation sites (N-methyl/N-ethyl adjacent to an activating group) is 1. The first-order valence-corrected chi connectivity index (χ1v) is 5.26. The van der Waals surface area contributed by atoms with Gasteiger partial charge in [-0.15, -0.1) is 0 Å². The molecular formula is C10H25FN2O. The lowest BCUT2D eigenvalue weighted by Gasteiger charge is -2.26. The third kappa shape index (κ3) is 9.89. The largest absolute Gasteiger partial charge is 0.379 e. The maximum atomic E-state index is 9.50. The van der Waals surface area contributed by atoms with E-state index in [1.54, 1.807) is 0 Å². The summed E-state index contributed by atoms with van der Waals surface area (Å²) < 4.78 is 14.7. The van der Waals surface area contributed by atoms with Gasteiger partial charge in [0.2, 0.25) is 0 Å². The van der Waals surface area contributed by atoms with Gasteiger partial charge in [-0.25, -0.2) is 0 Å². The van der Waals surface area contributed by atoms with Crippen molar-refractivity contribution in [2.45, 2.75) is 13.8 Å². The van der Waals surface area contributed by atoms with Crippen LogP contribution in [0.4, 0.5) is 4.39 Å². The monoisotopic (exact) mass is 208 g/mol. The van der Waals surface area contributed by atoms with E-state index in [-0.39, 0.29) is 0 Å². The lowest BCUT2D eigenvalue weighted by molar-refractivity contribution is 0.0386. The fourth-order valence-electron chi connectivity index (χ4n) is 1.09. The first-order valence-electron chi connectivity index (χ1n) is 5.26. The summed E-state index contributed by atoms with van der Waals surface area (Å²) in [5.41, 5.74) is 0. The number of alkyl halides is 1. The number of morpholine rings is 1. The van der Waals surface area contributed by atoms with E-state index in [2.05, 4.69) is 10.2 Å². The van der Waals surface area contributed by atoms with Gasteiger partial charge >= 0.3 is 0 Å². The fraction of sp³-hybridized carbons (Fsp3) is 1.00. The van der Waals surface area contributed by atoms with Crippen molar-refractivity contribution in [3.05, 3.63) is 0 Å². The second-order valence-corrected chi connectivity index (χ2v) is 2.56. The van der Waals surface area contributed by atoms with Crippen LogP contribution in [0.25, 0.3) is 0 Å². The van der Waals surface area contributed by atoms with Gasteiger partial charge < -0.3 is 10.1 Å². The molecule has 3 nitrogen and oxygen atoms in total. The van der Waals surface area contributed by atoms with E-state index in [1.165, 1.54) is 0 Å². The number of rotatable bonds is 3. The first-order chi connectivity index (χ1) is 6.93. The van der Waals surface area contributed by atoms with E-state index < -0.39 is 0 Å². The molecule has 0 unspecified atom stereocenters. The van der Waals surface area contributed by atoms with Crippen LogP contribution in [0.1, 0.15) is 13.8 Å². The highest BCUT2D eigenvalue weighted by Crippen LogP contribution is 1.94. The van der Waals surface area contributed by atoms with Crippen molar-refractivity contribution < 1.29 is 9.13 Å². The summed E-state index contributed by atoms with van der Waals surface area (Å²) in [6, 6.07) is 0. The van der Waals surface area contributed by atoms with Crippen LogP contribution in [0.3, 0.4) is 0 Å². The fourth-order valence-corrected chi connectivity index (χ4v) is 1.09. The zero-order chi connectivity index (χ0) is 11.2. The third-order valence-corrected chi connectivity index (χ3v) is 1.78. The minimum absolute atomic E-state index is 0.500. The molecule has 0 aliphatic carbocycles. The Kier molecular flexibility index (Phi) is 17.7. The third-order valence-electron chi connectivity index (χ3n) is 1.78. The summed E-state index contributed by atoms with van der Waals surface area (Å²) in [6.07, 6.45) is 0. The highest BCUT2D eigenvalue weighted by molar-refractivity contribution is 4.61. The molecule has 0 radical (unpaired) electrons. The Labute approximate surface area is 87.6 Å². The lowest BCUT2D eigenvalue weighted by atomic mass is 10.4. The number of ether oxygens (including phenoxy) is 1. The summed E-state index contributed by atoms with van der Waals surface area (Å²) in [4.78, 5) is 2.42. The quantitative estimate of drug-likeness (QED) is 0.753. The van der Waals surface area contributed by atoms with Gasteiger partial charge in [-0.05, 0) is 7.05 Å². The number of hydrogen-bond acceptors (Lipinski definition) is 3. The molecule has 0 aromatic heterocycles. The first kappa shape index (κ1) is 16.2. The highest BCUT2D eigenvalue weighted by atomic mass is 19.1. The maximum absolute atomic E-state index is 9.50. The molecule has 0 saturated carbocycles. The summed E-state index contributed by atoms with van der Waals surface area (Å²) in [5, 5.41) is 3.13. The van der Waals surface area contributed by atoms with E-state index >= 15 is 0 Å². The molecule has 1 rings (SSSR count). The molecule has 1 heterocycles. The van der Waals surface area contributed by atoms with Crippen LogP contribution in [0.5, 0.6) is 0 Å². The van der Waals surface area contributed by atoms with Crippen molar-refractivity contribution in [3.63, 3.8) is 0 Å². The summed E-state index contributed by atoms with van der Waals surface area (Å²) >= 11 is 0. The molecule has 1 saturated heterocycles. The Balaban J connectivity index is 0. The van der Waals surface area contributed by atoms with Crippen LogP contribution in [0.2, 0.25) is 0 Å². The van der Waals surface area contributed by atoms with Crippen molar-refractivity contribution in [1.29, 1.82) is 0 Å². The SMILES string of the molecule is CC.CF.CNCCN1CCOCC1. The Morgan fingerprint density at radius 3 is 2.14 bits per heavy atom. The van der Waals surface area contributed by atoms with Gasteiger partial charge in [0, 0.05) is 26.2 Å². The zero-order valence-electron chi connectivity index (χ0n) is 9.98. The standard InChI is InChI=1S/C7H16N2O.C2H6.CH3F/c1-8-2-3-9-4-6-10-7-5-9;2*1-2/h8H,2-7H2,1H3;1-2H3;1H3. The van der Waals surface area contributed by atoms with Crippen LogP contribution >= 0.6 is 0 Å². The normalized spacial score (nSPS) is 16.1. The predicted molar refractivity (Wildman–Crippen MR) is 59.6 cm³/mol. The second kappa shape index (κ2) is 15.3. The molecule has 0 aromatic carbocycles. The maximum Gasteiger partial charge on any atom is 0.0785 e. The summed E-state index contributed by atoms with van der Waals surface area (Å²) in [6.45, 7) is 10.2. The molecule has 0 aromatic rings. The van der Waals surface area contributed by atoms with Crippen molar-refractivity contribution >= 4 is 0 Å². The Morgan fingerprint density at radius 1 is 1.21 bits per heavy atom. The molecule has 1 aliphatic heterocycles. The molecule has 0 amide bonds. The molecule has 0 atom stereocenters. The average molecular weight is 208 g/mol. The lowest BCUT2D eigenvalue weighted by Crippen LogP contribution is -2.39. The Bertz CT molecular complexity index is 88.2. The topological polar surface area (TPSA) is 24.5 Å².